The number of hydrogen-bond acceptors (Lipinski definition) is 5. The highest BCUT2D eigenvalue weighted by atomic mass is 16.6. The van der Waals surface area contributed by atoms with Crippen LogP contribution in [0.3, 0.4) is 0 Å². The molecule has 1 heterocycles. The van der Waals surface area contributed by atoms with Gasteiger partial charge in [0.15, 0.2) is 5.58 Å². The number of carbonyl (C=O) groups excluding carboxylic acids is 1. The molecule has 0 saturated heterocycles. The Morgan fingerprint density at radius 2 is 1.74 bits per heavy atom. The van der Waals surface area contributed by atoms with Crippen molar-refractivity contribution in [2.75, 3.05) is 5.32 Å². The minimum absolute atomic E-state index is 0.139. The van der Waals surface area contributed by atoms with Gasteiger partial charge in [-0.3, -0.25) is 14.9 Å². The third-order valence-corrected chi connectivity index (χ3v) is 4.96. The van der Waals surface area contributed by atoms with Crippen LogP contribution in [0.4, 0.5) is 11.4 Å². The maximum Gasteiger partial charge on any atom is 0.270 e. The lowest BCUT2D eigenvalue weighted by Crippen LogP contribution is -2.12. The summed E-state index contributed by atoms with van der Waals surface area (Å²) in [5, 5.41) is 15.9. The Hall–Kier alpha value is -4.52. The molecule has 31 heavy (non-hydrogen) atoms. The number of carbonyl (C=O) groups is 1. The van der Waals surface area contributed by atoms with Gasteiger partial charge >= 0.3 is 0 Å². The predicted molar refractivity (Wildman–Crippen MR) is 118 cm³/mol. The summed E-state index contributed by atoms with van der Waals surface area (Å²) in [7, 11) is 0. The van der Waals surface area contributed by atoms with E-state index >= 15 is 0 Å². The fraction of sp³-hybridized carbons (Fsp3) is 0. The van der Waals surface area contributed by atoms with Gasteiger partial charge in [-0.05, 0) is 47.2 Å². The highest BCUT2D eigenvalue weighted by molar-refractivity contribution is 6.05. The first-order chi connectivity index (χ1) is 15.1. The zero-order chi connectivity index (χ0) is 21.4. The number of hydrogen-bond donors (Lipinski definition) is 1. The lowest BCUT2D eigenvalue weighted by molar-refractivity contribution is -0.384. The maximum atomic E-state index is 12.5. The molecule has 0 bridgehead atoms. The molecular formula is C24H15N3O4. The molecule has 1 N–H and O–H groups in total. The van der Waals surface area contributed by atoms with Crippen molar-refractivity contribution in [3.63, 3.8) is 0 Å². The van der Waals surface area contributed by atoms with Crippen LogP contribution in [-0.4, -0.2) is 15.8 Å². The third-order valence-electron chi connectivity index (χ3n) is 4.96. The molecule has 5 rings (SSSR count). The Labute approximate surface area is 176 Å². The van der Waals surface area contributed by atoms with Crippen LogP contribution in [0, 0.1) is 10.1 Å². The van der Waals surface area contributed by atoms with E-state index < -0.39 is 10.8 Å². The van der Waals surface area contributed by atoms with E-state index in [0.29, 0.717) is 22.7 Å². The Bertz CT molecular complexity index is 1470. The quantitative estimate of drug-likeness (QED) is 0.298. The molecule has 1 aromatic heterocycles. The van der Waals surface area contributed by atoms with E-state index in [1.807, 2.05) is 42.5 Å². The van der Waals surface area contributed by atoms with E-state index in [9.17, 15) is 14.9 Å². The predicted octanol–water partition coefficient (Wildman–Crippen LogP) is 5.81. The molecule has 0 saturated carbocycles. The number of non-ortho nitro benzene ring substituents is 1. The highest BCUT2D eigenvalue weighted by Gasteiger charge is 2.14. The van der Waals surface area contributed by atoms with Crippen LogP contribution in [0.2, 0.25) is 0 Å². The minimum atomic E-state index is -0.535. The van der Waals surface area contributed by atoms with Gasteiger partial charge < -0.3 is 9.73 Å². The smallest absolute Gasteiger partial charge is 0.270 e. The second-order valence-electron chi connectivity index (χ2n) is 7.03. The number of aromatic nitrogens is 1. The maximum absolute atomic E-state index is 12.5. The monoisotopic (exact) mass is 409 g/mol. The van der Waals surface area contributed by atoms with Crippen LogP contribution in [0.25, 0.3) is 33.3 Å². The average Bonchev–Trinajstić information content (AvgIpc) is 3.22. The van der Waals surface area contributed by atoms with E-state index in [0.717, 1.165) is 16.3 Å². The van der Waals surface area contributed by atoms with Gasteiger partial charge in [0.25, 0.3) is 11.6 Å². The number of rotatable bonds is 4. The van der Waals surface area contributed by atoms with Crippen molar-refractivity contribution in [1.82, 2.24) is 4.98 Å². The summed E-state index contributed by atoms with van der Waals surface area (Å²) in [6.45, 7) is 0. The molecule has 5 aromatic rings. The number of nitrogens with one attached hydrogen (secondary N) is 1. The first-order valence-electron chi connectivity index (χ1n) is 9.52. The lowest BCUT2D eigenvalue weighted by atomic mass is 10.1. The molecular weight excluding hydrogens is 394 g/mol. The lowest BCUT2D eigenvalue weighted by Gasteiger charge is -2.04. The van der Waals surface area contributed by atoms with Crippen molar-refractivity contribution < 1.29 is 14.1 Å². The zero-order valence-electron chi connectivity index (χ0n) is 16.1. The van der Waals surface area contributed by atoms with Crippen molar-refractivity contribution in [3.8, 4) is 11.5 Å². The number of oxazole rings is 1. The summed E-state index contributed by atoms with van der Waals surface area (Å²) in [5.74, 6) is 0.0456. The number of fused-ring (bicyclic) bond motifs is 2. The number of amides is 1. The Morgan fingerprint density at radius 3 is 2.58 bits per heavy atom. The van der Waals surface area contributed by atoms with Gasteiger partial charge in [-0.15, -0.1) is 0 Å². The van der Waals surface area contributed by atoms with E-state index in [-0.39, 0.29) is 11.3 Å². The van der Waals surface area contributed by atoms with E-state index in [4.69, 9.17) is 4.42 Å². The molecule has 4 aromatic carbocycles. The van der Waals surface area contributed by atoms with Crippen LogP contribution in [0.5, 0.6) is 0 Å². The first kappa shape index (κ1) is 18.5. The van der Waals surface area contributed by atoms with Gasteiger partial charge in [-0.25, -0.2) is 4.98 Å². The molecule has 0 spiro atoms. The van der Waals surface area contributed by atoms with Gasteiger partial charge in [-0.2, -0.15) is 0 Å². The van der Waals surface area contributed by atoms with Crippen LogP contribution in [0.1, 0.15) is 10.4 Å². The summed E-state index contributed by atoms with van der Waals surface area (Å²) < 4.78 is 5.89. The van der Waals surface area contributed by atoms with Crippen LogP contribution < -0.4 is 5.32 Å². The molecule has 0 radical (unpaired) electrons. The summed E-state index contributed by atoms with van der Waals surface area (Å²) in [4.78, 5) is 27.5. The average molecular weight is 409 g/mol. The summed E-state index contributed by atoms with van der Waals surface area (Å²) >= 11 is 0. The summed E-state index contributed by atoms with van der Waals surface area (Å²) in [6.07, 6.45) is 0. The topological polar surface area (TPSA) is 98.3 Å². The Kier molecular flexibility index (Phi) is 4.41. The molecule has 0 aliphatic carbocycles. The van der Waals surface area contributed by atoms with Gasteiger partial charge in [0.1, 0.15) is 5.52 Å². The van der Waals surface area contributed by atoms with Crippen molar-refractivity contribution in [2.45, 2.75) is 0 Å². The second kappa shape index (κ2) is 7.38. The van der Waals surface area contributed by atoms with E-state index in [1.165, 1.54) is 24.3 Å². The molecule has 7 heteroatoms. The Morgan fingerprint density at radius 1 is 0.903 bits per heavy atom. The molecule has 0 aliphatic heterocycles. The largest absolute Gasteiger partial charge is 0.436 e. The SMILES string of the molecule is O=C(Nc1ccc2oc(-c3ccc4ccccc4c3)nc2c1)c1cccc([N+](=O)[O-])c1. The minimum Gasteiger partial charge on any atom is -0.436 e. The van der Waals surface area contributed by atoms with Crippen molar-refractivity contribution >= 4 is 39.2 Å². The fourth-order valence-electron chi connectivity index (χ4n) is 3.41. The number of anilines is 1. The van der Waals surface area contributed by atoms with E-state index in [1.54, 1.807) is 18.2 Å². The molecule has 7 nitrogen and oxygen atoms in total. The van der Waals surface area contributed by atoms with Gasteiger partial charge in [0.2, 0.25) is 5.89 Å². The standard InChI is InChI=1S/C24H15N3O4/c28-23(17-6-3-7-20(13-17)27(29)30)25-19-10-11-22-21(14-19)26-24(31-22)18-9-8-15-4-1-2-5-16(15)12-18/h1-14H,(H,25,28). The first-order valence-corrected chi connectivity index (χ1v) is 9.52. The van der Waals surface area contributed by atoms with Crippen molar-refractivity contribution in [3.05, 3.63) is 101 Å². The van der Waals surface area contributed by atoms with Crippen LogP contribution in [0.15, 0.2) is 89.3 Å². The van der Waals surface area contributed by atoms with Gasteiger partial charge in [0.05, 0.1) is 4.92 Å². The van der Waals surface area contributed by atoms with E-state index in [2.05, 4.69) is 10.3 Å². The molecule has 0 atom stereocenters. The van der Waals surface area contributed by atoms with Crippen LogP contribution >= 0.6 is 0 Å². The van der Waals surface area contributed by atoms with Crippen molar-refractivity contribution in [1.29, 1.82) is 0 Å². The van der Waals surface area contributed by atoms with Gasteiger partial charge in [0, 0.05) is 28.9 Å². The number of nitro benzene ring substituents is 1. The second-order valence-corrected chi connectivity index (χ2v) is 7.03. The number of nitro groups is 1. The molecule has 0 aliphatic rings. The number of nitrogens with zero attached hydrogens (tertiary/aromatic N) is 2. The third kappa shape index (κ3) is 3.60. The van der Waals surface area contributed by atoms with Gasteiger partial charge in [-0.1, -0.05) is 36.4 Å². The zero-order valence-corrected chi connectivity index (χ0v) is 16.1. The molecule has 0 unspecified atom stereocenters. The summed E-state index contributed by atoms with van der Waals surface area (Å²) in [5.41, 5.74) is 2.63. The molecule has 0 fully saturated rings. The fourth-order valence-corrected chi connectivity index (χ4v) is 3.41. The molecule has 1 amide bonds. The highest BCUT2D eigenvalue weighted by Crippen LogP contribution is 2.28. The summed E-state index contributed by atoms with van der Waals surface area (Å²) in [6, 6.07) is 24.8. The molecule has 150 valence electrons. The van der Waals surface area contributed by atoms with Crippen LogP contribution in [-0.2, 0) is 0 Å². The van der Waals surface area contributed by atoms with Crippen molar-refractivity contribution in [2.24, 2.45) is 0 Å². The number of benzene rings is 4. The Balaban J connectivity index is 1.43. The normalized spacial score (nSPS) is 11.0.